The van der Waals surface area contributed by atoms with E-state index >= 15 is 0 Å². The fourth-order valence-electron chi connectivity index (χ4n) is 2.18. The Morgan fingerprint density at radius 2 is 2.05 bits per heavy atom. The van der Waals surface area contributed by atoms with Crippen LogP contribution in [0.3, 0.4) is 0 Å². The summed E-state index contributed by atoms with van der Waals surface area (Å²) in [5.41, 5.74) is 1.45. The lowest BCUT2D eigenvalue weighted by atomic mass is 9.94. The summed E-state index contributed by atoms with van der Waals surface area (Å²) in [6, 6.07) is 5.35. The third kappa shape index (κ3) is 2.23. The minimum Gasteiger partial charge on any atom is -0.425 e. The van der Waals surface area contributed by atoms with Crippen LogP contribution in [0.5, 0.6) is 5.75 Å². The second kappa shape index (κ2) is 5.22. The summed E-state index contributed by atoms with van der Waals surface area (Å²) in [7, 11) is 0. The molecule has 19 heavy (non-hydrogen) atoms. The van der Waals surface area contributed by atoms with Gasteiger partial charge in [0.15, 0.2) is 5.92 Å². The summed E-state index contributed by atoms with van der Waals surface area (Å²) in [5, 5.41) is 7.88. The first-order chi connectivity index (χ1) is 9.12. The van der Waals surface area contributed by atoms with Crippen molar-refractivity contribution in [1.82, 2.24) is 0 Å². The quantitative estimate of drug-likeness (QED) is 0.386. The van der Waals surface area contributed by atoms with Gasteiger partial charge < -0.3 is 19.8 Å². The van der Waals surface area contributed by atoms with Gasteiger partial charge >= 0.3 is 5.97 Å². The normalized spacial score (nSPS) is 17.7. The Kier molecular flexibility index (Phi) is 3.64. The van der Waals surface area contributed by atoms with E-state index in [0.717, 1.165) is 18.8 Å². The third-order valence-electron chi connectivity index (χ3n) is 3.30. The number of carbonyl (C=O) groups excluding carboxylic acids is 2. The number of nitrogens with zero attached hydrogens (tertiary/aromatic N) is 1. The van der Waals surface area contributed by atoms with Gasteiger partial charge in [0, 0.05) is 30.4 Å². The summed E-state index contributed by atoms with van der Waals surface area (Å²) in [6.07, 6.45) is 0.450. The maximum atomic E-state index is 11.6. The van der Waals surface area contributed by atoms with Gasteiger partial charge in [0.1, 0.15) is 12.0 Å². The molecule has 1 N–H and O–H groups in total. The molecule has 5 nitrogen and oxygen atoms in total. The molecule has 5 heteroatoms. The van der Waals surface area contributed by atoms with Gasteiger partial charge in [0.25, 0.3) is 0 Å². The number of fused-ring (bicyclic) bond motifs is 1. The van der Waals surface area contributed by atoms with Gasteiger partial charge in [-0.15, -0.1) is 0 Å². The molecule has 1 heterocycles. The number of esters is 1. The molecular weight excluding hydrogens is 244 g/mol. The molecule has 0 aliphatic carbocycles. The van der Waals surface area contributed by atoms with Crippen molar-refractivity contribution in [2.24, 2.45) is 5.92 Å². The molecule has 0 fully saturated rings. The number of aldehydes is 1. The lowest BCUT2D eigenvalue weighted by molar-refractivity contribution is -0.138. The molecule has 1 aromatic carbocycles. The lowest BCUT2D eigenvalue weighted by Crippen LogP contribution is -2.34. The zero-order chi connectivity index (χ0) is 14.0. The predicted octanol–water partition coefficient (Wildman–Crippen LogP) is 1.63. The molecule has 0 saturated heterocycles. The zero-order valence-corrected chi connectivity index (χ0v) is 11.0. The molecule has 1 aromatic rings. The van der Waals surface area contributed by atoms with Crippen LogP contribution in [0.2, 0.25) is 0 Å². The highest BCUT2D eigenvalue weighted by molar-refractivity contribution is 6.22. The number of ether oxygens (including phenoxy) is 1. The minimum atomic E-state index is -1.10. The van der Waals surface area contributed by atoms with E-state index in [1.54, 1.807) is 12.1 Å². The van der Waals surface area contributed by atoms with E-state index in [0.29, 0.717) is 17.6 Å². The molecule has 1 aliphatic heterocycles. The molecule has 1 atom stereocenters. The highest BCUT2D eigenvalue weighted by atomic mass is 16.5. The largest absolute Gasteiger partial charge is 0.425 e. The maximum Gasteiger partial charge on any atom is 0.327 e. The lowest BCUT2D eigenvalue weighted by Gasteiger charge is -2.25. The fourth-order valence-corrected chi connectivity index (χ4v) is 2.18. The topological polar surface area (TPSA) is 70.5 Å². The Bertz CT molecular complexity index is 535. The Hall–Kier alpha value is -2.17. The van der Waals surface area contributed by atoms with Gasteiger partial charge in [0.05, 0.1) is 5.71 Å². The summed E-state index contributed by atoms with van der Waals surface area (Å²) < 4.78 is 5.15. The summed E-state index contributed by atoms with van der Waals surface area (Å²) in [5.74, 6) is -1.42. The third-order valence-corrected chi connectivity index (χ3v) is 3.30. The average molecular weight is 260 g/mol. The Morgan fingerprint density at radius 3 is 2.63 bits per heavy atom. The smallest absolute Gasteiger partial charge is 0.327 e. The summed E-state index contributed by atoms with van der Waals surface area (Å²) in [6.45, 7) is 5.77. The SMILES string of the molecule is CCN(CC)c1ccc2c(c1)OC(=O)C(C=O)C2=N. The number of carbonyl (C=O) groups is 2. The van der Waals surface area contributed by atoms with Gasteiger partial charge in [-0.05, 0) is 26.0 Å². The number of hydrogen-bond donors (Lipinski definition) is 1. The van der Waals surface area contributed by atoms with Crippen molar-refractivity contribution in [3.8, 4) is 5.75 Å². The van der Waals surface area contributed by atoms with Gasteiger partial charge in [-0.2, -0.15) is 0 Å². The monoisotopic (exact) mass is 260 g/mol. The highest BCUT2D eigenvalue weighted by Crippen LogP contribution is 2.31. The first-order valence-corrected chi connectivity index (χ1v) is 6.27. The first-order valence-electron chi connectivity index (χ1n) is 6.27. The van der Waals surface area contributed by atoms with Crippen LogP contribution in [-0.4, -0.2) is 31.1 Å². The van der Waals surface area contributed by atoms with E-state index in [1.165, 1.54) is 0 Å². The van der Waals surface area contributed by atoms with Crippen molar-refractivity contribution in [2.75, 3.05) is 18.0 Å². The van der Waals surface area contributed by atoms with Crippen molar-refractivity contribution < 1.29 is 14.3 Å². The molecule has 1 aliphatic rings. The van der Waals surface area contributed by atoms with Crippen LogP contribution in [0.15, 0.2) is 18.2 Å². The van der Waals surface area contributed by atoms with Crippen molar-refractivity contribution in [1.29, 1.82) is 5.41 Å². The van der Waals surface area contributed by atoms with Crippen molar-refractivity contribution in [3.05, 3.63) is 23.8 Å². The molecule has 0 aromatic heterocycles. The molecule has 0 bridgehead atoms. The van der Waals surface area contributed by atoms with Crippen LogP contribution < -0.4 is 9.64 Å². The van der Waals surface area contributed by atoms with Gasteiger partial charge in [-0.3, -0.25) is 4.79 Å². The van der Waals surface area contributed by atoms with E-state index in [9.17, 15) is 9.59 Å². The minimum absolute atomic E-state index is 0.00680. The second-order valence-electron chi connectivity index (χ2n) is 4.30. The van der Waals surface area contributed by atoms with Crippen LogP contribution >= 0.6 is 0 Å². The van der Waals surface area contributed by atoms with Crippen molar-refractivity contribution in [3.63, 3.8) is 0 Å². The maximum absolute atomic E-state index is 11.6. The summed E-state index contributed by atoms with van der Waals surface area (Å²) in [4.78, 5) is 24.5. The van der Waals surface area contributed by atoms with Crippen LogP contribution in [0.25, 0.3) is 0 Å². The van der Waals surface area contributed by atoms with Gasteiger partial charge in [0.2, 0.25) is 0 Å². The van der Waals surface area contributed by atoms with E-state index in [1.807, 2.05) is 19.9 Å². The second-order valence-corrected chi connectivity index (χ2v) is 4.30. The molecule has 0 radical (unpaired) electrons. The number of hydrogen-bond acceptors (Lipinski definition) is 5. The van der Waals surface area contributed by atoms with E-state index in [4.69, 9.17) is 10.1 Å². The molecule has 2 rings (SSSR count). The van der Waals surface area contributed by atoms with E-state index in [2.05, 4.69) is 4.90 Å². The molecule has 0 spiro atoms. The van der Waals surface area contributed by atoms with Crippen LogP contribution in [0, 0.1) is 11.3 Å². The number of benzene rings is 1. The number of nitrogens with one attached hydrogen (secondary N) is 1. The Balaban J connectivity index is 2.42. The number of anilines is 1. The Labute approximate surface area is 111 Å². The fraction of sp³-hybridized carbons (Fsp3) is 0.357. The van der Waals surface area contributed by atoms with Gasteiger partial charge in [-0.1, -0.05) is 0 Å². The number of rotatable bonds is 4. The van der Waals surface area contributed by atoms with Crippen molar-refractivity contribution >= 4 is 23.7 Å². The average Bonchev–Trinajstić information content (AvgIpc) is 2.40. The molecule has 0 saturated carbocycles. The van der Waals surface area contributed by atoms with Crippen LogP contribution in [-0.2, 0) is 9.59 Å². The molecular formula is C14H16N2O3. The van der Waals surface area contributed by atoms with Crippen molar-refractivity contribution in [2.45, 2.75) is 13.8 Å². The van der Waals surface area contributed by atoms with E-state index in [-0.39, 0.29) is 5.71 Å². The predicted molar refractivity (Wildman–Crippen MR) is 72.0 cm³/mol. The molecule has 100 valence electrons. The van der Waals surface area contributed by atoms with E-state index < -0.39 is 11.9 Å². The summed E-state index contributed by atoms with van der Waals surface area (Å²) >= 11 is 0. The zero-order valence-electron chi connectivity index (χ0n) is 11.0. The standard InChI is InChI=1S/C14H16N2O3/c1-3-16(4-2)9-5-6-10-12(7-9)19-14(18)11(8-17)13(10)15/h5-8,11,15H,3-4H2,1-2H3. The highest BCUT2D eigenvalue weighted by Gasteiger charge is 2.33. The van der Waals surface area contributed by atoms with Crippen LogP contribution in [0.1, 0.15) is 19.4 Å². The molecule has 1 unspecified atom stereocenters. The Morgan fingerprint density at radius 1 is 1.37 bits per heavy atom. The van der Waals surface area contributed by atoms with Crippen LogP contribution in [0.4, 0.5) is 5.69 Å². The van der Waals surface area contributed by atoms with Gasteiger partial charge in [-0.25, -0.2) is 0 Å². The molecule has 0 amide bonds. The first kappa shape index (κ1) is 13.3.